The Hall–Kier alpha value is -4.18. The van der Waals surface area contributed by atoms with Crippen LogP contribution in [-0.2, 0) is 0 Å². The molecule has 7 nitrogen and oxygen atoms in total. The summed E-state index contributed by atoms with van der Waals surface area (Å²) in [6.07, 6.45) is 1.50. The first-order valence-electron chi connectivity index (χ1n) is 9.64. The third-order valence-electron chi connectivity index (χ3n) is 4.99. The van der Waals surface area contributed by atoms with Crippen molar-refractivity contribution in [3.05, 3.63) is 71.9 Å². The number of pyridine rings is 1. The molecule has 3 aromatic heterocycles. The summed E-state index contributed by atoms with van der Waals surface area (Å²) >= 11 is 0. The first-order valence-corrected chi connectivity index (χ1v) is 9.64. The number of hydrogen-bond acceptors (Lipinski definition) is 6. The van der Waals surface area contributed by atoms with E-state index in [0.717, 1.165) is 16.4 Å². The Labute approximate surface area is 172 Å². The van der Waals surface area contributed by atoms with E-state index < -0.39 is 0 Å². The van der Waals surface area contributed by atoms with Crippen molar-refractivity contribution in [1.82, 2.24) is 19.7 Å². The third kappa shape index (κ3) is 3.05. The molecule has 0 bridgehead atoms. The van der Waals surface area contributed by atoms with Gasteiger partial charge in [-0.3, -0.25) is 5.32 Å². The van der Waals surface area contributed by atoms with Crippen LogP contribution in [0.3, 0.4) is 0 Å². The van der Waals surface area contributed by atoms with Crippen molar-refractivity contribution in [1.29, 1.82) is 5.26 Å². The van der Waals surface area contributed by atoms with Crippen molar-refractivity contribution in [3.63, 3.8) is 0 Å². The summed E-state index contributed by atoms with van der Waals surface area (Å²) in [5.41, 5.74) is 3.84. The van der Waals surface area contributed by atoms with Gasteiger partial charge in [-0.15, -0.1) is 0 Å². The van der Waals surface area contributed by atoms with Gasteiger partial charge < -0.3 is 4.42 Å². The van der Waals surface area contributed by atoms with Gasteiger partial charge in [0.15, 0.2) is 17.2 Å². The molecule has 0 radical (unpaired) electrons. The summed E-state index contributed by atoms with van der Waals surface area (Å²) in [5.74, 6) is 1.44. The van der Waals surface area contributed by atoms with E-state index in [1.165, 1.54) is 11.8 Å². The van der Waals surface area contributed by atoms with E-state index in [1.54, 1.807) is 4.68 Å². The highest BCUT2D eigenvalue weighted by atomic mass is 16.4. The highest BCUT2D eigenvalue weighted by Gasteiger charge is 2.17. The van der Waals surface area contributed by atoms with Crippen molar-refractivity contribution < 1.29 is 4.42 Å². The highest BCUT2D eigenvalue weighted by molar-refractivity contribution is 5.80. The molecule has 146 valence electrons. The van der Waals surface area contributed by atoms with Crippen LogP contribution >= 0.6 is 0 Å². The van der Waals surface area contributed by atoms with Crippen LogP contribution in [0.25, 0.3) is 27.8 Å². The van der Waals surface area contributed by atoms with Crippen LogP contribution in [0.5, 0.6) is 0 Å². The zero-order chi connectivity index (χ0) is 20.7. The van der Waals surface area contributed by atoms with Crippen LogP contribution in [-0.4, -0.2) is 19.7 Å². The van der Waals surface area contributed by atoms with Gasteiger partial charge in [-0.05, 0) is 41.8 Å². The number of rotatable bonds is 4. The van der Waals surface area contributed by atoms with Gasteiger partial charge in [0.05, 0.1) is 11.7 Å². The summed E-state index contributed by atoms with van der Waals surface area (Å²) in [5, 5.41) is 18.0. The molecule has 7 heteroatoms. The molecule has 5 rings (SSSR count). The fourth-order valence-corrected chi connectivity index (χ4v) is 3.36. The van der Waals surface area contributed by atoms with Crippen LogP contribution in [0.4, 0.5) is 11.8 Å². The molecule has 0 amide bonds. The Balaban J connectivity index is 1.56. The minimum absolute atomic E-state index is 0.296. The molecule has 30 heavy (non-hydrogen) atoms. The number of fused-ring (bicyclic) bond motifs is 2. The molecule has 3 heterocycles. The second-order valence-electron chi connectivity index (χ2n) is 7.32. The lowest BCUT2D eigenvalue weighted by atomic mass is 10.0. The maximum Gasteiger partial charge on any atom is 0.301 e. The zero-order valence-corrected chi connectivity index (χ0v) is 16.5. The van der Waals surface area contributed by atoms with Gasteiger partial charge in [-0.2, -0.15) is 20.0 Å². The third-order valence-corrected chi connectivity index (χ3v) is 4.99. The average Bonchev–Trinajstić information content (AvgIpc) is 3.36. The van der Waals surface area contributed by atoms with Crippen molar-refractivity contribution in [2.45, 2.75) is 19.8 Å². The van der Waals surface area contributed by atoms with Gasteiger partial charge in [0.2, 0.25) is 0 Å². The maximum atomic E-state index is 9.55. The van der Waals surface area contributed by atoms with E-state index in [-0.39, 0.29) is 0 Å². The molecule has 0 aliphatic rings. The van der Waals surface area contributed by atoms with E-state index in [0.29, 0.717) is 34.7 Å². The lowest BCUT2D eigenvalue weighted by Gasteiger charge is -2.08. The molecular formula is C23H18N6O. The predicted octanol–water partition coefficient (Wildman–Crippen LogP) is 5.30. The quantitative estimate of drug-likeness (QED) is 0.445. The van der Waals surface area contributed by atoms with Crippen LogP contribution < -0.4 is 5.32 Å². The number of nitriles is 1. The molecule has 0 aliphatic carbocycles. The normalized spacial score (nSPS) is 11.3. The number of oxazole rings is 1. The van der Waals surface area contributed by atoms with Gasteiger partial charge in [-0.25, -0.2) is 4.98 Å². The first kappa shape index (κ1) is 17.9. The number of para-hydroxylation sites is 1. The summed E-state index contributed by atoms with van der Waals surface area (Å²) < 4.78 is 7.43. The molecule has 0 fully saturated rings. The maximum absolute atomic E-state index is 9.55. The molecule has 2 aromatic carbocycles. The Morgan fingerprint density at radius 3 is 2.73 bits per heavy atom. The largest absolute Gasteiger partial charge is 0.423 e. The Morgan fingerprint density at radius 2 is 1.90 bits per heavy atom. The van der Waals surface area contributed by atoms with Gasteiger partial charge in [0.1, 0.15) is 17.1 Å². The molecule has 1 N–H and O–H groups in total. The molecule has 0 saturated carbocycles. The number of benzene rings is 2. The molecule has 0 unspecified atom stereocenters. The molecular weight excluding hydrogens is 376 g/mol. The van der Waals surface area contributed by atoms with Crippen LogP contribution in [0.2, 0.25) is 0 Å². The number of hydrogen-bond donors (Lipinski definition) is 1. The predicted molar refractivity (Wildman–Crippen MR) is 115 cm³/mol. The van der Waals surface area contributed by atoms with E-state index in [9.17, 15) is 5.26 Å². The fraction of sp³-hybridized carbons (Fsp3) is 0.130. The summed E-state index contributed by atoms with van der Waals surface area (Å²) in [6, 6.07) is 20.1. The first-order chi connectivity index (χ1) is 14.6. The zero-order valence-electron chi connectivity index (χ0n) is 16.5. The summed E-state index contributed by atoms with van der Waals surface area (Å²) in [4.78, 5) is 9.21. The lowest BCUT2D eigenvalue weighted by molar-refractivity contribution is 0.621. The van der Waals surface area contributed by atoms with E-state index >= 15 is 0 Å². The Bertz CT molecular complexity index is 1420. The Kier molecular flexibility index (Phi) is 4.18. The molecule has 0 aliphatic heterocycles. The Morgan fingerprint density at radius 1 is 1.03 bits per heavy atom. The second kappa shape index (κ2) is 7.01. The lowest BCUT2D eigenvalue weighted by Crippen LogP contribution is -2.05. The number of aromatic nitrogens is 4. The summed E-state index contributed by atoms with van der Waals surface area (Å²) in [7, 11) is 0. The average molecular weight is 394 g/mol. The van der Waals surface area contributed by atoms with Crippen molar-refractivity contribution in [2.24, 2.45) is 0 Å². The van der Waals surface area contributed by atoms with Gasteiger partial charge in [0.25, 0.3) is 0 Å². The van der Waals surface area contributed by atoms with Crippen LogP contribution in [0.1, 0.15) is 30.9 Å². The minimum Gasteiger partial charge on any atom is -0.423 e. The standard InChI is InChI=1S/C23H18N6O/c1-14(2)16-7-9-20-19(11-16)27-23(30-20)28-22-17(12-24)13-25-29(22)21-10-8-15-5-3-4-6-18(15)26-21/h3-11,13-14H,1-2H3,(H,27,28). The topological polar surface area (TPSA) is 92.6 Å². The van der Waals surface area contributed by atoms with E-state index in [4.69, 9.17) is 4.42 Å². The minimum atomic E-state index is 0.296. The monoisotopic (exact) mass is 394 g/mol. The van der Waals surface area contributed by atoms with Gasteiger partial charge >= 0.3 is 6.01 Å². The molecule has 5 aromatic rings. The van der Waals surface area contributed by atoms with Crippen molar-refractivity contribution in [3.8, 4) is 11.9 Å². The summed E-state index contributed by atoms with van der Waals surface area (Å²) in [6.45, 7) is 4.27. The fourth-order valence-electron chi connectivity index (χ4n) is 3.36. The van der Waals surface area contributed by atoms with Crippen molar-refractivity contribution in [2.75, 3.05) is 5.32 Å². The number of nitrogens with one attached hydrogen (secondary N) is 1. The number of nitrogens with zero attached hydrogens (tertiary/aromatic N) is 5. The number of anilines is 2. The highest BCUT2D eigenvalue weighted by Crippen LogP contribution is 2.28. The van der Waals surface area contributed by atoms with Crippen LogP contribution in [0.15, 0.2) is 65.2 Å². The SMILES string of the molecule is CC(C)c1ccc2oc(Nc3c(C#N)cnn3-c3ccc4ccccc4n3)nc2c1. The smallest absolute Gasteiger partial charge is 0.301 e. The molecule has 0 spiro atoms. The van der Waals surface area contributed by atoms with Gasteiger partial charge in [0, 0.05) is 5.39 Å². The van der Waals surface area contributed by atoms with Crippen LogP contribution in [0, 0.1) is 11.3 Å². The van der Waals surface area contributed by atoms with Gasteiger partial charge in [-0.1, -0.05) is 38.1 Å². The van der Waals surface area contributed by atoms with E-state index in [1.807, 2.05) is 54.6 Å². The molecule has 0 saturated heterocycles. The van der Waals surface area contributed by atoms with E-state index in [2.05, 4.69) is 40.3 Å². The van der Waals surface area contributed by atoms with Crippen molar-refractivity contribution >= 4 is 33.8 Å². The molecule has 0 atom stereocenters. The second-order valence-corrected chi connectivity index (χ2v) is 7.32.